The largest absolute Gasteiger partial charge is 0.370 e. The SMILES string of the molecule is CCNc1ncnc(N(C)CC2(N(C)C)CCC2)c1CC. The van der Waals surface area contributed by atoms with Crippen molar-refractivity contribution in [3.05, 3.63) is 11.9 Å². The minimum Gasteiger partial charge on any atom is -0.370 e. The molecule has 1 heterocycles. The average Bonchev–Trinajstić information content (AvgIpc) is 2.42. The minimum absolute atomic E-state index is 0.309. The Morgan fingerprint density at radius 2 is 1.90 bits per heavy atom. The van der Waals surface area contributed by atoms with Gasteiger partial charge in [0.25, 0.3) is 0 Å². The van der Waals surface area contributed by atoms with Gasteiger partial charge in [-0.25, -0.2) is 9.97 Å². The first-order chi connectivity index (χ1) is 10.0. The lowest BCUT2D eigenvalue weighted by molar-refractivity contribution is 0.0681. The lowest BCUT2D eigenvalue weighted by Crippen LogP contribution is -2.57. The predicted octanol–water partition coefficient (Wildman–Crippen LogP) is 2.39. The van der Waals surface area contributed by atoms with E-state index in [1.165, 1.54) is 24.8 Å². The van der Waals surface area contributed by atoms with E-state index < -0.39 is 0 Å². The van der Waals surface area contributed by atoms with Gasteiger partial charge in [-0.05, 0) is 46.7 Å². The Morgan fingerprint density at radius 1 is 1.19 bits per heavy atom. The third-order valence-corrected chi connectivity index (χ3v) is 4.75. The minimum atomic E-state index is 0.309. The smallest absolute Gasteiger partial charge is 0.137 e. The molecule has 1 saturated carbocycles. The van der Waals surface area contributed by atoms with E-state index in [1.807, 2.05) is 0 Å². The highest BCUT2D eigenvalue weighted by molar-refractivity contribution is 5.58. The van der Waals surface area contributed by atoms with Crippen LogP contribution in [0.4, 0.5) is 11.6 Å². The molecule has 0 aromatic carbocycles. The van der Waals surface area contributed by atoms with Crippen LogP contribution in [0, 0.1) is 0 Å². The second kappa shape index (κ2) is 6.60. The number of hydrogen-bond donors (Lipinski definition) is 1. The van der Waals surface area contributed by atoms with Crippen molar-refractivity contribution in [2.24, 2.45) is 0 Å². The fraction of sp³-hybridized carbons (Fsp3) is 0.750. The van der Waals surface area contributed by atoms with E-state index in [4.69, 9.17) is 0 Å². The van der Waals surface area contributed by atoms with Crippen LogP contribution < -0.4 is 10.2 Å². The molecule has 0 bridgehead atoms. The second-order valence-electron chi connectivity index (χ2n) is 6.24. The first-order valence-electron chi connectivity index (χ1n) is 8.00. The molecule has 0 saturated heterocycles. The molecule has 0 unspecified atom stereocenters. The van der Waals surface area contributed by atoms with Gasteiger partial charge in [-0.1, -0.05) is 6.92 Å². The van der Waals surface area contributed by atoms with Gasteiger partial charge in [-0.3, -0.25) is 0 Å². The molecule has 5 heteroatoms. The maximum absolute atomic E-state index is 4.55. The van der Waals surface area contributed by atoms with Crippen molar-refractivity contribution in [1.29, 1.82) is 0 Å². The molecule has 0 aliphatic heterocycles. The van der Waals surface area contributed by atoms with Gasteiger partial charge in [-0.2, -0.15) is 0 Å². The van der Waals surface area contributed by atoms with Crippen LogP contribution in [0.5, 0.6) is 0 Å². The van der Waals surface area contributed by atoms with Crippen molar-refractivity contribution in [3.8, 4) is 0 Å². The van der Waals surface area contributed by atoms with Crippen LogP contribution in [0.1, 0.15) is 38.7 Å². The van der Waals surface area contributed by atoms with Crippen LogP contribution in [0.15, 0.2) is 6.33 Å². The summed E-state index contributed by atoms with van der Waals surface area (Å²) < 4.78 is 0. The van der Waals surface area contributed by atoms with Crippen molar-refractivity contribution < 1.29 is 0 Å². The highest BCUT2D eigenvalue weighted by atomic mass is 15.3. The molecule has 1 aromatic rings. The van der Waals surface area contributed by atoms with E-state index >= 15 is 0 Å². The third-order valence-electron chi connectivity index (χ3n) is 4.75. The fourth-order valence-electron chi connectivity index (χ4n) is 3.23. The summed E-state index contributed by atoms with van der Waals surface area (Å²) in [7, 11) is 6.54. The number of nitrogens with one attached hydrogen (secondary N) is 1. The number of rotatable bonds is 7. The summed E-state index contributed by atoms with van der Waals surface area (Å²) in [4.78, 5) is 13.6. The molecule has 0 spiro atoms. The molecule has 1 aliphatic rings. The maximum atomic E-state index is 4.55. The van der Waals surface area contributed by atoms with Crippen LogP contribution in [0.3, 0.4) is 0 Å². The summed E-state index contributed by atoms with van der Waals surface area (Å²) >= 11 is 0. The summed E-state index contributed by atoms with van der Waals surface area (Å²) in [5, 5.41) is 3.35. The average molecular weight is 291 g/mol. The Kier molecular flexibility index (Phi) is 5.04. The van der Waals surface area contributed by atoms with Crippen LogP contribution >= 0.6 is 0 Å². The summed E-state index contributed by atoms with van der Waals surface area (Å²) in [5.74, 6) is 2.04. The van der Waals surface area contributed by atoms with Crippen molar-refractivity contribution in [1.82, 2.24) is 14.9 Å². The Labute approximate surface area is 128 Å². The lowest BCUT2D eigenvalue weighted by Gasteiger charge is -2.49. The molecule has 2 rings (SSSR count). The number of nitrogens with zero attached hydrogens (tertiary/aromatic N) is 4. The molecule has 0 atom stereocenters. The maximum Gasteiger partial charge on any atom is 0.137 e. The van der Waals surface area contributed by atoms with E-state index in [0.29, 0.717) is 5.54 Å². The van der Waals surface area contributed by atoms with Crippen molar-refractivity contribution in [2.45, 2.75) is 45.1 Å². The van der Waals surface area contributed by atoms with Gasteiger partial charge in [-0.15, -0.1) is 0 Å². The van der Waals surface area contributed by atoms with Gasteiger partial charge < -0.3 is 15.1 Å². The molecular weight excluding hydrogens is 262 g/mol. The quantitative estimate of drug-likeness (QED) is 0.835. The zero-order valence-corrected chi connectivity index (χ0v) is 14.1. The molecular formula is C16H29N5. The molecule has 118 valence electrons. The summed E-state index contributed by atoms with van der Waals surface area (Å²) in [5.41, 5.74) is 1.53. The number of hydrogen-bond acceptors (Lipinski definition) is 5. The normalized spacial score (nSPS) is 16.7. The van der Waals surface area contributed by atoms with Crippen LogP contribution in [-0.4, -0.2) is 54.6 Å². The molecule has 1 N–H and O–H groups in total. The third kappa shape index (κ3) is 3.12. The number of aromatic nitrogens is 2. The Morgan fingerprint density at radius 3 is 2.38 bits per heavy atom. The molecule has 0 radical (unpaired) electrons. The van der Waals surface area contributed by atoms with Crippen molar-refractivity contribution in [2.75, 3.05) is 44.4 Å². The van der Waals surface area contributed by atoms with Crippen molar-refractivity contribution in [3.63, 3.8) is 0 Å². The first kappa shape index (κ1) is 16.0. The lowest BCUT2D eigenvalue weighted by atomic mass is 9.75. The van der Waals surface area contributed by atoms with Gasteiger partial charge >= 0.3 is 0 Å². The predicted molar refractivity (Wildman–Crippen MR) is 89.1 cm³/mol. The fourth-order valence-corrected chi connectivity index (χ4v) is 3.23. The molecule has 21 heavy (non-hydrogen) atoms. The van der Waals surface area contributed by atoms with Crippen LogP contribution in [0.2, 0.25) is 0 Å². The molecule has 1 fully saturated rings. The van der Waals surface area contributed by atoms with E-state index in [-0.39, 0.29) is 0 Å². The standard InChI is InChI=1S/C16H29N5/c1-6-13-14(17-7-2)18-12-19-15(13)21(5)11-16(20(3)4)9-8-10-16/h12H,6-11H2,1-5H3,(H,17,18,19). The van der Waals surface area contributed by atoms with Gasteiger partial charge in [0.05, 0.1) is 0 Å². The Balaban J connectivity index is 2.22. The van der Waals surface area contributed by atoms with E-state index in [2.05, 4.69) is 60.1 Å². The zero-order chi connectivity index (χ0) is 15.5. The van der Waals surface area contributed by atoms with Crippen molar-refractivity contribution >= 4 is 11.6 Å². The highest BCUT2D eigenvalue weighted by Crippen LogP contribution is 2.37. The Bertz CT molecular complexity index is 468. The number of likely N-dealkylation sites (N-methyl/N-ethyl adjacent to an activating group) is 2. The van der Waals surface area contributed by atoms with Crippen LogP contribution in [0.25, 0.3) is 0 Å². The molecule has 1 aliphatic carbocycles. The van der Waals surface area contributed by atoms with E-state index in [9.17, 15) is 0 Å². The second-order valence-corrected chi connectivity index (χ2v) is 6.24. The van der Waals surface area contributed by atoms with Gasteiger partial charge in [0.1, 0.15) is 18.0 Å². The summed E-state index contributed by atoms with van der Waals surface area (Å²) in [6.45, 7) is 6.17. The van der Waals surface area contributed by atoms with Crippen LogP contribution in [-0.2, 0) is 6.42 Å². The molecule has 1 aromatic heterocycles. The zero-order valence-electron chi connectivity index (χ0n) is 14.1. The summed E-state index contributed by atoms with van der Waals surface area (Å²) in [6.07, 6.45) is 6.50. The topological polar surface area (TPSA) is 44.3 Å². The number of anilines is 2. The summed E-state index contributed by atoms with van der Waals surface area (Å²) in [6, 6.07) is 0. The Hall–Kier alpha value is -1.36. The van der Waals surface area contributed by atoms with Gasteiger partial charge in [0.15, 0.2) is 0 Å². The molecule has 0 amide bonds. The monoisotopic (exact) mass is 291 g/mol. The highest BCUT2D eigenvalue weighted by Gasteiger charge is 2.40. The molecule has 5 nitrogen and oxygen atoms in total. The van der Waals surface area contributed by atoms with E-state index in [1.54, 1.807) is 6.33 Å². The van der Waals surface area contributed by atoms with Gasteiger partial charge in [0.2, 0.25) is 0 Å². The first-order valence-corrected chi connectivity index (χ1v) is 8.00. The van der Waals surface area contributed by atoms with Gasteiger partial charge in [0, 0.05) is 31.2 Å². The van der Waals surface area contributed by atoms with E-state index in [0.717, 1.165) is 31.1 Å².